The van der Waals surface area contributed by atoms with E-state index in [4.69, 9.17) is 21.1 Å². The number of anilines is 1. The van der Waals surface area contributed by atoms with Crippen molar-refractivity contribution in [1.29, 1.82) is 0 Å². The molecular weight excluding hydrogens is 330 g/mol. The van der Waals surface area contributed by atoms with Gasteiger partial charge in [0.25, 0.3) is 0 Å². The Kier molecular flexibility index (Phi) is 5.82. The SMILES string of the molecule is COc1cc(NC(C)=O)c(C(=O)Cc2cccc(Cl)c2)c(OC)c1. The molecule has 0 unspecified atom stereocenters. The fourth-order valence-corrected chi connectivity index (χ4v) is 2.58. The molecule has 0 spiro atoms. The summed E-state index contributed by atoms with van der Waals surface area (Å²) in [5.41, 5.74) is 1.43. The molecule has 0 atom stereocenters. The summed E-state index contributed by atoms with van der Waals surface area (Å²) < 4.78 is 10.5. The number of hydrogen-bond donors (Lipinski definition) is 1. The summed E-state index contributed by atoms with van der Waals surface area (Å²) in [4.78, 5) is 24.3. The van der Waals surface area contributed by atoms with Gasteiger partial charge in [-0.3, -0.25) is 9.59 Å². The van der Waals surface area contributed by atoms with Crippen molar-refractivity contribution >= 4 is 29.0 Å². The van der Waals surface area contributed by atoms with E-state index in [1.54, 1.807) is 30.3 Å². The molecule has 2 aromatic rings. The van der Waals surface area contributed by atoms with E-state index >= 15 is 0 Å². The molecule has 0 heterocycles. The van der Waals surface area contributed by atoms with Crippen LogP contribution in [0.5, 0.6) is 11.5 Å². The maximum absolute atomic E-state index is 12.8. The van der Waals surface area contributed by atoms with Crippen molar-refractivity contribution < 1.29 is 19.1 Å². The average Bonchev–Trinajstić information content (AvgIpc) is 2.53. The molecule has 0 aliphatic rings. The molecule has 0 aromatic heterocycles. The van der Waals surface area contributed by atoms with E-state index < -0.39 is 0 Å². The fourth-order valence-electron chi connectivity index (χ4n) is 2.37. The smallest absolute Gasteiger partial charge is 0.221 e. The molecule has 24 heavy (non-hydrogen) atoms. The Morgan fingerprint density at radius 2 is 1.88 bits per heavy atom. The van der Waals surface area contributed by atoms with Crippen molar-refractivity contribution in [1.82, 2.24) is 0 Å². The number of carbonyl (C=O) groups excluding carboxylic acids is 2. The van der Waals surface area contributed by atoms with Crippen LogP contribution in [0.4, 0.5) is 5.69 Å². The second kappa shape index (κ2) is 7.84. The Hall–Kier alpha value is -2.53. The molecule has 1 N–H and O–H groups in total. The minimum absolute atomic E-state index is 0.135. The Morgan fingerprint density at radius 3 is 2.46 bits per heavy atom. The van der Waals surface area contributed by atoms with Crippen LogP contribution in [0.15, 0.2) is 36.4 Å². The van der Waals surface area contributed by atoms with Gasteiger partial charge in [-0.05, 0) is 17.7 Å². The van der Waals surface area contributed by atoms with E-state index in [0.29, 0.717) is 27.8 Å². The zero-order valence-electron chi connectivity index (χ0n) is 13.7. The summed E-state index contributed by atoms with van der Waals surface area (Å²) in [5.74, 6) is 0.336. The van der Waals surface area contributed by atoms with Crippen molar-refractivity contribution in [2.75, 3.05) is 19.5 Å². The van der Waals surface area contributed by atoms with Crippen molar-refractivity contribution in [3.05, 3.63) is 52.5 Å². The Morgan fingerprint density at radius 1 is 1.12 bits per heavy atom. The van der Waals surface area contributed by atoms with Crippen LogP contribution < -0.4 is 14.8 Å². The maximum atomic E-state index is 12.8. The van der Waals surface area contributed by atoms with Gasteiger partial charge in [0, 0.05) is 30.5 Å². The number of hydrogen-bond acceptors (Lipinski definition) is 4. The second-order valence-electron chi connectivity index (χ2n) is 5.16. The van der Waals surface area contributed by atoms with Crippen LogP contribution >= 0.6 is 11.6 Å². The zero-order valence-corrected chi connectivity index (χ0v) is 14.4. The number of nitrogens with one attached hydrogen (secondary N) is 1. The molecule has 0 aliphatic carbocycles. The summed E-state index contributed by atoms with van der Waals surface area (Å²) in [5, 5.41) is 3.21. The normalized spacial score (nSPS) is 10.2. The summed E-state index contributed by atoms with van der Waals surface area (Å²) in [6, 6.07) is 10.3. The molecule has 126 valence electrons. The Bertz CT molecular complexity index is 774. The van der Waals surface area contributed by atoms with Crippen molar-refractivity contribution in [3.8, 4) is 11.5 Å². The molecular formula is C18H18ClNO4. The molecule has 5 nitrogen and oxygen atoms in total. The number of amides is 1. The average molecular weight is 348 g/mol. The molecule has 6 heteroatoms. The number of ketones is 1. The van der Waals surface area contributed by atoms with Crippen LogP contribution in [-0.2, 0) is 11.2 Å². The summed E-state index contributed by atoms with van der Waals surface area (Å²) in [6.07, 6.45) is 0.135. The van der Waals surface area contributed by atoms with Crippen LogP contribution in [-0.4, -0.2) is 25.9 Å². The monoisotopic (exact) mass is 347 g/mol. The number of Topliss-reactive ketones (excluding diaryl/α,β-unsaturated/α-hetero) is 1. The van der Waals surface area contributed by atoms with Gasteiger partial charge >= 0.3 is 0 Å². The summed E-state index contributed by atoms with van der Waals surface area (Å²) in [6.45, 7) is 1.37. The Labute approximate surface area is 145 Å². The van der Waals surface area contributed by atoms with Gasteiger partial charge in [0.1, 0.15) is 11.5 Å². The Balaban J connectivity index is 2.45. The summed E-state index contributed by atoms with van der Waals surface area (Å²) in [7, 11) is 2.96. The quantitative estimate of drug-likeness (QED) is 0.808. The summed E-state index contributed by atoms with van der Waals surface area (Å²) >= 11 is 5.96. The van der Waals surface area contributed by atoms with Crippen LogP contribution in [0, 0.1) is 0 Å². The lowest BCUT2D eigenvalue weighted by atomic mass is 10.00. The first kappa shape index (κ1) is 17.8. The lowest BCUT2D eigenvalue weighted by Gasteiger charge is -2.15. The maximum Gasteiger partial charge on any atom is 0.221 e. The van der Waals surface area contributed by atoms with Crippen LogP contribution in [0.1, 0.15) is 22.8 Å². The van der Waals surface area contributed by atoms with Gasteiger partial charge in [0.2, 0.25) is 5.91 Å². The van der Waals surface area contributed by atoms with Crippen molar-refractivity contribution in [3.63, 3.8) is 0 Å². The molecule has 0 bridgehead atoms. The predicted molar refractivity (Wildman–Crippen MR) is 93.3 cm³/mol. The van der Waals surface area contributed by atoms with Gasteiger partial charge in [0.05, 0.1) is 25.5 Å². The minimum atomic E-state index is -0.290. The standard InChI is InChI=1S/C18H18ClNO4/c1-11(21)20-15-9-14(23-2)10-17(24-3)18(15)16(22)8-12-5-4-6-13(19)7-12/h4-7,9-10H,8H2,1-3H3,(H,20,21). The number of methoxy groups -OCH3 is 2. The number of carbonyl (C=O) groups is 2. The highest BCUT2D eigenvalue weighted by Gasteiger charge is 2.20. The largest absolute Gasteiger partial charge is 0.497 e. The van der Waals surface area contributed by atoms with E-state index in [2.05, 4.69) is 5.32 Å². The molecule has 0 radical (unpaired) electrons. The third kappa shape index (κ3) is 4.26. The zero-order chi connectivity index (χ0) is 17.7. The number of halogens is 1. The highest BCUT2D eigenvalue weighted by Crippen LogP contribution is 2.33. The molecule has 0 saturated carbocycles. The van der Waals surface area contributed by atoms with E-state index in [9.17, 15) is 9.59 Å². The first-order valence-electron chi connectivity index (χ1n) is 7.26. The van der Waals surface area contributed by atoms with Gasteiger partial charge in [0.15, 0.2) is 5.78 Å². The van der Waals surface area contributed by atoms with Gasteiger partial charge in [-0.25, -0.2) is 0 Å². The van der Waals surface area contributed by atoms with Crippen LogP contribution in [0.25, 0.3) is 0 Å². The van der Waals surface area contributed by atoms with Crippen LogP contribution in [0.3, 0.4) is 0 Å². The molecule has 1 amide bonds. The first-order valence-corrected chi connectivity index (χ1v) is 7.63. The molecule has 2 rings (SSSR count). The predicted octanol–water partition coefficient (Wildman–Crippen LogP) is 3.74. The van der Waals surface area contributed by atoms with Crippen molar-refractivity contribution in [2.45, 2.75) is 13.3 Å². The lowest BCUT2D eigenvalue weighted by Crippen LogP contribution is -2.14. The van der Waals surface area contributed by atoms with Crippen LogP contribution in [0.2, 0.25) is 5.02 Å². The fraction of sp³-hybridized carbons (Fsp3) is 0.222. The molecule has 0 fully saturated rings. The number of rotatable bonds is 6. The highest BCUT2D eigenvalue weighted by atomic mass is 35.5. The van der Waals surface area contributed by atoms with Gasteiger partial charge in [-0.15, -0.1) is 0 Å². The lowest BCUT2D eigenvalue weighted by molar-refractivity contribution is -0.114. The molecule has 0 saturated heterocycles. The van der Waals surface area contributed by atoms with E-state index in [1.165, 1.54) is 21.1 Å². The topological polar surface area (TPSA) is 64.6 Å². The molecule has 2 aromatic carbocycles. The number of ether oxygens (including phenoxy) is 2. The van der Waals surface area contributed by atoms with Crippen molar-refractivity contribution in [2.24, 2.45) is 0 Å². The van der Waals surface area contributed by atoms with Gasteiger partial charge in [-0.2, -0.15) is 0 Å². The van der Waals surface area contributed by atoms with Gasteiger partial charge < -0.3 is 14.8 Å². The minimum Gasteiger partial charge on any atom is -0.497 e. The van der Waals surface area contributed by atoms with E-state index in [-0.39, 0.29) is 18.1 Å². The highest BCUT2D eigenvalue weighted by molar-refractivity contribution is 6.30. The third-order valence-corrected chi connectivity index (χ3v) is 3.61. The molecule has 0 aliphatic heterocycles. The number of benzene rings is 2. The van der Waals surface area contributed by atoms with E-state index in [0.717, 1.165) is 5.56 Å². The van der Waals surface area contributed by atoms with Gasteiger partial charge in [-0.1, -0.05) is 23.7 Å². The third-order valence-electron chi connectivity index (χ3n) is 3.37. The second-order valence-corrected chi connectivity index (χ2v) is 5.60. The first-order chi connectivity index (χ1) is 11.4. The van der Waals surface area contributed by atoms with E-state index in [1.807, 2.05) is 6.07 Å².